The van der Waals surface area contributed by atoms with Crippen molar-refractivity contribution in [3.63, 3.8) is 0 Å². The van der Waals surface area contributed by atoms with E-state index < -0.39 is 25.1 Å². The van der Waals surface area contributed by atoms with E-state index in [1.54, 1.807) is 23.6 Å². The number of hydrogen-bond donors (Lipinski definition) is 2. The van der Waals surface area contributed by atoms with Crippen LogP contribution in [0.2, 0.25) is 5.02 Å². The van der Waals surface area contributed by atoms with Crippen LogP contribution in [0.1, 0.15) is 24.8 Å². The molecule has 3 N–H and O–H groups in total. The molecule has 2 unspecified atom stereocenters. The number of nitrogens with one attached hydrogen (secondary N) is 1. The maximum Gasteiger partial charge on any atom is 0.269 e. The third-order valence-electron chi connectivity index (χ3n) is 7.62. The first kappa shape index (κ1) is 29.5. The number of ether oxygens (including phenoxy) is 2. The lowest BCUT2D eigenvalue weighted by atomic mass is 9.62. The van der Waals surface area contributed by atoms with Gasteiger partial charge in [0.1, 0.15) is 26.5 Å². The quantitative estimate of drug-likeness (QED) is 0.272. The number of halogens is 4. The maximum atomic E-state index is 15.6. The van der Waals surface area contributed by atoms with Gasteiger partial charge in [0, 0.05) is 35.3 Å². The number of nitrogens with zero attached hydrogens (tertiary/aromatic N) is 2. The predicted octanol–water partition coefficient (Wildman–Crippen LogP) is 6.06. The zero-order valence-corrected chi connectivity index (χ0v) is 25.5. The summed E-state index contributed by atoms with van der Waals surface area (Å²) in [5.41, 5.74) is 7.18. The van der Waals surface area contributed by atoms with Crippen LogP contribution in [-0.4, -0.2) is 44.0 Å². The summed E-state index contributed by atoms with van der Waals surface area (Å²) in [7, 11) is -1.46. The Bertz CT molecular complexity index is 1490. The highest BCUT2D eigenvalue weighted by atomic mass is 35.5. The number of aromatic nitrogens is 1. The number of alkyl halides is 2. The van der Waals surface area contributed by atoms with Gasteiger partial charge in [0.25, 0.3) is 10.0 Å². The molecule has 2 saturated carbocycles. The van der Waals surface area contributed by atoms with Crippen LogP contribution in [0.25, 0.3) is 0 Å². The fourth-order valence-corrected chi connectivity index (χ4v) is 9.01. The molecule has 40 heavy (non-hydrogen) atoms. The van der Waals surface area contributed by atoms with Crippen LogP contribution in [0.15, 0.2) is 46.8 Å². The van der Waals surface area contributed by atoms with E-state index >= 15 is 4.39 Å². The van der Waals surface area contributed by atoms with E-state index in [2.05, 4.69) is 10.3 Å². The summed E-state index contributed by atoms with van der Waals surface area (Å²) in [6, 6.07) is 6.75. The predicted molar refractivity (Wildman–Crippen MR) is 157 cm³/mol. The standard InChI is InChI=1S/C26H28Cl3FN4O4S2/c1-37-16-4-3-14(23(8-16)38-2)13-34(25-32-5-6-39-25)40(35,36)24-10-18(27)21(11-19(24)30)33-22-7-15-12-26(28,29)17(15)9-20(22)31/h3-6,8,10-11,15,17,20,22,33H,7,9,12-13,31H2,1-2H3/t15?,17?,20-,22-/m0/s1. The van der Waals surface area contributed by atoms with E-state index in [9.17, 15) is 8.42 Å². The number of sulfonamides is 1. The fraction of sp³-hybridized carbons (Fsp3) is 0.423. The number of nitrogens with two attached hydrogens (primary N) is 1. The molecule has 2 aliphatic carbocycles. The van der Waals surface area contributed by atoms with Crippen molar-refractivity contribution in [2.24, 2.45) is 17.6 Å². The van der Waals surface area contributed by atoms with Crippen molar-refractivity contribution in [2.45, 2.75) is 47.1 Å². The lowest BCUT2D eigenvalue weighted by Crippen LogP contribution is -2.58. The number of fused-ring (bicyclic) bond motifs is 1. The average molecular weight is 650 g/mol. The second-order valence-corrected chi connectivity index (χ2v) is 14.6. The van der Waals surface area contributed by atoms with Gasteiger partial charge in [0.05, 0.1) is 31.5 Å². The van der Waals surface area contributed by atoms with Gasteiger partial charge < -0.3 is 20.5 Å². The van der Waals surface area contributed by atoms with Crippen molar-refractivity contribution < 1.29 is 22.3 Å². The molecule has 1 aromatic heterocycles. The molecule has 0 bridgehead atoms. The summed E-state index contributed by atoms with van der Waals surface area (Å²) in [5.74, 6) is 0.413. The highest BCUT2D eigenvalue weighted by Crippen LogP contribution is 2.57. The molecular formula is C26H28Cl3FN4O4S2. The number of hydrogen-bond acceptors (Lipinski definition) is 8. The smallest absolute Gasteiger partial charge is 0.269 e. The second kappa shape index (κ2) is 11.3. The number of anilines is 2. The number of thiazole rings is 1. The first-order valence-electron chi connectivity index (χ1n) is 12.5. The van der Waals surface area contributed by atoms with Gasteiger partial charge in [-0.25, -0.2) is 22.1 Å². The minimum atomic E-state index is -4.44. The third kappa shape index (κ3) is 5.56. The van der Waals surface area contributed by atoms with Crippen molar-refractivity contribution in [1.29, 1.82) is 0 Å². The minimum Gasteiger partial charge on any atom is -0.497 e. The Morgan fingerprint density at radius 1 is 1.23 bits per heavy atom. The summed E-state index contributed by atoms with van der Waals surface area (Å²) >= 11 is 20.3. The largest absolute Gasteiger partial charge is 0.497 e. The van der Waals surface area contributed by atoms with Crippen LogP contribution in [-0.2, 0) is 16.6 Å². The Morgan fingerprint density at radius 3 is 2.65 bits per heavy atom. The second-order valence-electron chi connectivity index (χ2n) is 9.98. The van der Waals surface area contributed by atoms with Crippen molar-refractivity contribution in [3.05, 3.63) is 58.3 Å². The molecule has 3 aromatic rings. The van der Waals surface area contributed by atoms with Crippen LogP contribution in [0, 0.1) is 17.7 Å². The summed E-state index contributed by atoms with van der Waals surface area (Å²) in [6.45, 7) is -0.164. The minimum absolute atomic E-state index is 0.0491. The van der Waals surface area contributed by atoms with Gasteiger partial charge in [-0.3, -0.25) is 0 Å². The van der Waals surface area contributed by atoms with Crippen LogP contribution in [0.3, 0.4) is 0 Å². The van der Waals surface area contributed by atoms with Crippen molar-refractivity contribution >= 4 is 67.0 Å². The van der Waals surface area contributed by atoms with E-state index in [1.165, 1.54) is 20.4 Å². The van der Waals surface area contributed by atoms with Gasteiger partial charge >= 0.3 is 0 Å². The maximum absolute atomic E-state index is 15.6. The lowest BCUT2D eigenvalue weighted by molar-refractivity contribution is 0.0808. The Hall–Kier alpha value is -2.02. The summed E-state index contributed by atoms with van der Waals surface area (Å²) in [4.78, 5) is 3.60. The van der Waals surface area contributed by atoms with Crippen molar-refractivity contribution in [2.75, 3.05) is 23.8 Å². The van der Waals surface area contributed by atoms with E-state index in [0.717, 1.165) is 27.8 Å². The van der Waals surface area contributed by atoms with Gasteiger partial charge in [-0.1, -0.05) is 11.6 Å². The number of rotatable bonds is 9. The first-order chi connectivity index (χ1) is 18.9. The molecule has 8 nitrogen and oxygen atoms in total. The lowest BCUT2D eigenvalue weighted by Gasteiger charge is -2.54. The van der Waals surface area contributed by atoms with Gasteiger partial charge in [0.15, 0.2) is 5.13 Å². The topological polar surface area (TPSA) is 107 Å². The molecule has 0 spiro atoms. The summed E-state index contributed by atoms with van der Waals surface area (Å²) in [6.07, 6.45) is 3.46. The molecule has 14 heteroatoms. The van der Waals surface area contributed by atoms with E-state index in [0.29, 0.717) is 42.2 Å². The Morgan fingerprint density at radius 2 is 2.00 bits per heavy atom. The van der Waals surface area contributed by atoms with E-state index in [4.69, 9.17) is 50.0 Å². The third-order valence-corrected chi connectivity index (χ3v) is 11.5. The molecule has 5 rings (SSSR count). The zero-order chi connectivity index (χ0) is 28.8. The SMILES string of the molecule is COc1ccc(CN(c2nccs2)S(=O)(=O)c2cc(Cl)c(N[C@H]3CC4CC(Cl)(Cl)C4C[C@@H]3N)cc2F)c(OC)c1. The van der Waals surface area contributed by atoms with Crippen molar-refractivity contribution in [1.82, 2.24) is 4.98 Å². The molecule has 2 aliphatic rings. The van der Waals surface area contributed by atoms with Crippen molar-refractivity contribution in [3.8, 4) is 11.5 Å². The molecule has 2 fully saturated rings. The highest BCUT2D eigenvalue weighted by Gasteiger charge is 2.55. The first-order valence-corrected chi connectivity index (χ1v) is 15.9. The van der Waals surface area contributed by atoms with E-state index in [1.807, 2.05) is 0 Å². The van der Waals surface area contributed by atoms with Crippen LogP contribution >= 0.6 is 46.1 Å². The molecule has 0 saturated heterocycles. The van der Waals surface area contributed by atoms with Gasteiger partial charge in [-0.05, 0) is 55.4 Å². The monoisotopic (exact) mass is 648 g/mol. The Kier molecular flexibility index (Phi) is 8.35. The summed E-state index contributed by atoms with van der Waals surface area (Å²) < 4.78 is 54.3. The molecule has 0 amide bonds. The van der Waals surface area contributed by atoms with Crippen LogP contribution < -0.4 is 24.8 Å². The van der Waals surface area contributed by atoms with Crippen LogP contribution in [0.5, 0.6) is 11.5 Å². The fourth-order valence-electron chi connectivity index (χ4n) is 5.45. The molecule has 4 atom stereocenters. The molecule has 0 aliphatic heterocycles. The van der Waals surface area contributed by atoms with E-state index in [-0.39, 0.29) is 40.4 Å². The molecule has 2 aromatic carbocycles. The zero-order valence-electron chi connectivity index (χ0n) is 21.6. The van der Waals surface area contributed by atoms with Gasteiger partial charge in [0.2, 0.25) is 0 Å². The van der Waals surface area contributed by atoms with Gasteiger partial charge in [-0.15, -0.1) is 34.5 Å². The number of methoxy groups -OCH3 is 2. The molecule has 216 valence electrons. The molecule has 0 radical (unpaired) electrons. The highest BCUT2D eigenvalue weighted by molar-refractivity contribution is 7.93. The molecule has 1 heterocycles. The molecular weight excluding hydrogens is 622 g/mol. The van der Waals surface area contributed by atoms with Gasteiger partial charge in [-0.2, -0.15) is 0 Å². The van der Waals surface area contributed by atoms with Crippen LogP contribution in [0.4, 0.5) is 15.2 Å². The average Bonchev–Trinajstić information content (AvgIpc) is 3.44. The Balaban J connectivity index is 1.43. The Labute approximate surface area is 251 Å². The summed E-state index contributed by atoms with van der Waals surface area (Å²) in [5, 5.41) is 5.07. The number of benzene rings is 2. The normalized spacial score (nSPS) is 23.6.